The Balaban J connectivity index is 1.78. The zero-order chi connectivity index (χ0) is 26.2. The standard InChI is InChI=1S/C27H26ClIN2O5/c1-13-11-16-19(22(31(30-16)26(2,3)4)14-9-7-8-10-15(14)29)24(32)27(13)25(33)20-17(34-5)12-18(35-6)21(28)23(20)36-27/h7-10,12-13H,11H2,1-6H3/t13-,27+/m1/s1. The first-order valence-electron chi connectivity index (χ1n) is 11.6. The van der Waals surface area contributed by atoms with Gasteiger partial charge in [-0.1, -0.05) is 36.7 Å². The highest BCUT2D eigenvalue weighted by atomic mass is 127. The lowest BCUT2D eigenvalue weighted by molar-refractivity contribution is 0.0259. The van der Waals surface area contributed by atoms with Crippen LogP contribution in [0.2, 0.25) is 5.02 Å². The molecule has 0 N–H and O–H groups in total. The normalized spacial score (nSPS) is 20.8. The Bertz CT molecular complexity index is 1440. The van der Waals surface area contributed by atoms with Gasteiger partial charge in [-0.3, -0.25) is 14.3 Å². The predicted octanol–water partition coefficient (Wildman–Crippen LogP) is 5.97. The Morgan fingerprint density at radius 1 is 1.11 bits per heavy atom. The summed E-state index contributed by atoms with van der Waals surface area (Å²) in [4.78, 5) is 28.6. The molecule has 2 atom stereocenters. The number of benzene rings is 2. The van der Waals surface area contributed by atoms with Crippen molar-refractivity contribution in [1.82, 2.24) is 9.78 Å². The lowest BCUT2D eigenvalue weighted by Crippen LogP contribution is -2.56. The number of ketones is 2. The Kier molecular flexibility index (Phi) is 5.91. The summed E-state index contributed by atoms with van der Waals surface area (Å²) >= 11 is 8.83. The van der Waals surface area contributed by atoms with Gasteiger partial charge in [-0.25, -0.2) is 0 Å². The summed E-state index contributed by atoms with van der Waals surface area (Å²) in [5.41, 5.74) is 0.597. The second-order valence-corrected chi connectivity index (χ2v) is 11.7. The third kappa shape index (κ3) is 3.33. The van der Waals surface area contributed by atoms with Crippen LogP contribution >= 0.6 is 34.2 Å². The molecule has 1 aliphatic heterocycles. The van der Waals surface area contributed by atoms with Crippen LogP contribution in [0.4, 0.5) is 0 Å². The van der Waals surface area contributed by atoms with Crippen molar-refractivity contribution in [1.29, 1.82) is 0 Å². The quantitative estimate of drug-likeness (QED) is 0.265. The van der Waals surface area contributed by atoms with Crippen LogP contribution in [0, 0.1) is 9.49 Å². The molecule has 5 rings (SSSR count). The molecule has 188 valence electrons. The van der Waals surface area contributed by atoms with Crippen molar-refractivity contribution in [2.45, 2.75) is 45.3 Å². The van der Waals surface area contributed by atoms with Crippen LogP contribution in [0.15, 0.2) is 30.3 Å². The fraction of sp³-hybridized carbons (Fsp3) is 0.370. The van der Waals surface area contributed by atoms with Crippen molar-refractivity contribution >= 4 is 45.8 Å². The molecule has 2 aromatic carbocycles. The monoisotopic (exact) mass is 620 g/mol. The van der Waals surface area contributed by atoms with E-state index in [0.29, 0.717) is 29.1 Å². The van der Waals surface area contributed by atoms with Gasteiger partial charge in [-0.2, -0.15) is 5.10 Å². The van der Waals surface area contributed by atoms with Gasteiger partial charge < -0.3 is 14.2 Å². The summed E-state index contributed by atoms with van der Waals surface area (Å²) in [6.07, 6.45) is 0.386. The average molecular weight is 621 g/mol. The van der Waals surface area contributed by atoms with Crippen LogP contribution in [-0.4, -0.2) is 41.2 Å². The average Bonchev–Trinajstić information content (AvgIpc) is 3.36. The number of carbonyl (C=O) groups is 2. The maximum Gasteiger partial charge on any atom is 0.237 e. The van der Waals surface area contributed by atoms with Crippen molar-refractivity contribution in [2.24, 2.45) is 5.92 Å². The molecule has 0 saturated carbocycles. The van der Waals surface area contributed by atoms with E-state index in [1.54, 1.807) is 6.07 Å². The van der Waals surface area contributed by atoms with Crippen LogP contribution in [0.3, 0.4) is 0 Å². The van der Waals surface area contributed by atoms with Crippen LogP contribution in [0.25, 0.3) is 11.3 Å². The number of rotatable bonds is 3. The molecule has 3 aromatic rings. The van der Waals surface area contributed by atoms with Crippen molar-refractivity contribution in [2.75, 3.05) is 14.2 Å². The van der Waals surface area contributed by atoms with Gasteiger partial charge in [0, 0.05) is 21.1 Å². The van der Waals surface area contributed by atoms with Crippen molar-refractivity contribution < 1.29 is 23.8 Å². The van der Waals surface area contributed by atoms with E-state index in [9.17, 15) is 9.59 Å². The molecule has 2 heterocycles. The number of aromatic nitrogens is 2. The number of halogens is 2. The third-order valence-corrected chi connectivity index (χ3v) is 8.20. The molecule has 0 saturated heterocycles. The number of methoxy groups -OCH3 is 2. The third-order valence-electron chi connectivity index (χ3n) is 6.90. The molecule has 0 amide bonds. The van der Waals surface area contributed by atoms with E-state index in [1.165, 1.54) is 14.2 Å². The highest BCUT2D eigenvalue weighted by Crippen LogP contribution is 2.54. The van der Waals surface area contributed by atoms with Gasteiger partial charge in [0.25, 0.3) is 0 Å². The van der Waals surface area contributed by atoms with Gasteiger partial charge in [0.15, 0.2) is 5.75 Å². The summed E-state index contributed by atoms with van der Waals surface area (Å²) in [6.45, 7) is 7.96. The van der Waals surface area contributed by atoms with Crippen molar-refractivity contribution in [3.8, 4) is 28.5 Å². The lowest BCUT2D eigenvalue weighted by atomic mass is 9.70. The number of ether oxygens (including phenoxy) is 3. The molecule has 7 nitrogen and oxygen atoms in total. The summed E-state index contributed by atoms with van der Waals surface area (Å²) in [6, 6.07) is 9.37. The summed E-state index contributed by atoms with van der Waals surface area (Å²) in [5, 5.41) is 5.03. The summed E-state index contributed by atoms with van der Waals surface area (Å²) < 4.78 is 20.0. The van der Waals surface area contributed by atoms with Crippen LogP contribution in [0.1, 0.15) is 54.1 Å². The SMILES string of the molecule is COc1cc(OC)c2c(c1Cl)O[C@]1(C2=O)C(=O)c2c(nn(C(C)(C)C)c2-c2ccccc2I)C[C@H]1C. The number of Topliss-reactive ketones (excluding diaryl/α,β-unsaturated/α-hetero) is 2. The zero-order valence-corrected chi connectivity index (χ0v) is 23.8. The molecule has 1 aromatic heterocycles. The van der Waals surface area contributed by atoms with Gasteiger partial charge in [-0.05, 0) is 55.8 Å². The first-order chi connectivity index (χ1) is 17.0. The molecule has 0 fully saturated rings. The fourth-order valence-corrected chi connectivity index (χ4v) is 6.06. The molecule has 36 heavy (non-hydrogen) atoms. The summed E-state index contributed by atoms with van der Waals surface area (Å²) in [7, 11) is 2.92. The lowest BCUT2D eigenvalue weighted by Gasteiger charge is -2.35. The minimum Gasteiger partial charge on any atom is -0.496 e. The number of carbonyl (C=O) groups excluding carboxylic acids is 2. The Morgan fingerprint density at radius 2 is 1.75 bits per heavy atom. The molecule has 0 unspecified atom stereocenters. The van der Waals surface area contributed by atoms with Crippen LogP contribution in [0.5, 0.6) is 17.2 Å². The highest BCUT2D eigenvalue weighted by molar-refractivity contribution is 14.1. The second kappa shape index (κ2) is 8.48. The fourth-order valence-electron chi connectivity index (χ4n) is 5.15. The van der Waals surface area contributed by atoms with E-state index >= 15 is 0 Å². The van der Waals surface area contributed by atoms with Gasteiger partial charge in [-0.15, -0.1) is 0 Å². The second-order valence-electron chi connectivity index (χ2n) is 10.1. The van der Waals surface area contributed by atoms with E-state index < -0.39 is 28.6 Å². The van der Waals surface area contributed by atoms with Gasteiger partial charge in [0.1, 0.15) is 22.1 Å². The Labute approximate surface area is 228 Å². The number of hydrogen-bond donors (Lipinski definition) is 0. The smallest absolute Gasteiger partial charge is 0.237 e. The number of fused-ring (bicyclic) bond motifs is 2. The minimum absolute atomic E-state index is 0.112. The molecule has 1 aliphatic carbocycles. The molecule has 0 radical (unpaired) electrons. The van der Waals surface area contributed by atoms with E-state index in [1.807, 2.05) is 56.6 Å². The first kappa shape index (κ1) is 25.1. The molecule has 0 bridgehead atoms. The van der Waals surface area contributed by atoms with E-state index in [0.717, 1.165) is 9.13 Å². The molecule has 1 spiro atoms. The van der Waals surface area contributed by atoms with Crippen molar-refractivity contribution in [3.63, 3.8) is 0 Å². The first-order valence-corrected chi connectivity index (χ1v) is 13.0. The number of hydrogen-bond acceptors (Lipinski definition) is 6. The van der Waals surface area contributed by atoms with Crippen molar-refractivity contribution in [3.05, 3.63) is 55.7 Å². The molecular formula is C27H26ClIN2O5. The van der Waals surface area contributed by atoms with Gasteiger partial charge >= 0.3 is 0 Å². The largest absolute Gasteiger partial charge is 0.496 e. The molecule has 2 aliphatic rings. The van der Waals surface area contributed by atoms with Gasteiger partial charge in [0.2, 0.25) is 17.2 Å². The molecular weight excluding hydrogens is 595 g/mol. The Morgan fingerprint density at radius 3 is 2.36 bits per heavy atom. The maximum atomic E-state index is 14.5. The summed E-state index contributed by atoms with van der Waals surface area (Å²) in [5.74, 6) is -0.703. The topological polar surface area (TPSA) is 79.7 Å². The predicted molar refractivity (Wildman–Crippen MR) is 145 cm³/mol. The number of nitrogens with zero attached hydrogens (tertiary/aromatic N) is 2. The Hall–Kier alpha value is -2.59. The van der Waals surface area contributed by atoms with Crippen LogP contribution in [-0.2, 0) is 12.0 Å². The van der Waals surface area contributed by atoms with E-state index in [4.69, 9.17) is 30.9 Å². The minimum atomic E-state index is -1.78. The van der Waals surface area contributed by atoms with E-state index in [-0.39, 0.29) is 22.1 Å². The molecule has 9 heteroatoms. The zero-order valence-electron chi connectivity index (χ0n) is 20.9. The van der Waals surface area contributed by atoms with Crippen LogP contribution < -0.4 is 14.2 Å². The maximum absolute atomic E-state index is 14.5. The highest BCUT2D eigenvalue weighted by Gasteiger charge is 2.63. The van der Waals surface area contributed by atoms with E-state index in [2.05, 4.69) is 22.6 Å². The van der Waals surface area contributed by atoms with Gasteiger partial charge in [0.05, 0.1) is 36.7 Å².